The molecule has 0 saturated heterocycles. The monoisotopic (exact) mass is 226 g/mol. The van der Waals surface area contributed by atoms with Gasteiger partial charge in [-0.2, -0.15) is 0 Å². The van der Waals surface area contributed by atoms with E-state index in [-0.39, 0.29) is 22.5 Å². The minimum Gasteiger partial charge on any atom is -0.301 e. The molecule has 1 rings (SSSR count). The molecule has 0 aromatic heterocycles. The zero-order valence-electron chi connectivity index (χ0n) is 6.23. The lowest BCUT2D eigenvalue weighted by Gasteiger charge is -2.06. The van der Waals surface area contributed by atoms with E-state index in [4.69, 9.17) is 10.8 Å². The SMILES string of the molecule is N=C1C=CC(=N)C(C(=O)CBr)=C1. The van der Waals surface area contributed by atoms with Crippen molar-refractivity contribution in [3.63, 3.8) is 0 Å². The molecule has 0 aliphatic heterocycles. The fraction of sp³-hybridized carbons (Fsp3) is 0.125. The number of halogens is 1. The molecule has 0 heterocycles. The minimum atomic E-state index is -0.158. The third-order valence-electron chi connectivity index (χ3n) is 1.44. The lowest BCUT2D eigenvalue weighted by Crippen LogP contribution is -2.15. The first-order chi connectivity index (χ1) is 5.65. The van der Waals surface area contributed by atoms with Crippen LogP contribution in [0, 0.1) is 10.8 Å². The zero-order chi connectivity index (χ0) is 9.14. The molecule has 62 valence electrons. The Morgan fingerprint density at radius 2 is 2.08 bits per heavy atom. The van der Waals surface area contributed by atoms with Gasteiger partial charge in [0.05, 0.1) is 16.8 Å². The van der Waals surface area contributed by atoms with Crippen LogP contribution in [0.5, 0.6) is 0 Å². The topological polar surface area (TPSA) is 64.8 Å². The second kappa shape index (κ2) is 3.58. The van der Waals surface area contributed by atoms with E-state index in [1.54, 1.807) is 0 Å². The van der Waals surface area contributed by atoms with Gasteiger partial charge in [0.1, 0.15) is 0 Å². The highest BCUT2D eigenvalue weighted by Crippen LogP contribution is 2.08. The molecule has 0 saturated carbocycles. The molecular weight excluding hydrogens is 220 g/mol. The lowest BCUT2D eigenvalue weighted by molar-refractivity contribution is -0.112. The lowest BCUT2D eigenvalue weighted by atomic mass is 10.00. The molecule has 0 fully saturated rings. The molecule has 1 aliphatic carbocycles. The maximum Gasteiger partial charge on any atom is 0.175 e. The van der Waals surface area contributed by atoms with Gasteiger partial charge in [0.15, 0.2) is 5.78 Å². The molecule has 0 radical (unpaired) electrons. The van der Waals surface area contributed by atoms with Gasteiger partial charge in [0.25, 0.3) is 0 Å². The molecule has 0 aromatic rings. The van der Waals surface area contributed by atoms with Crippen LogP contribution >= 0.6 is 15.9 Å². The molecule has 1 aliphatic rings. The summed E-state index contributed by atoms with van der Waals surface area (Å²) in [5.41, 5.74) is 0.741. The van der Waals surface area contributed by atoms with Gasteiger partial charge in [-0.1, -0.05) is 15.9 Å². The van der Waals surface area contributed by atoms with Crippen molar-refractivity contribution in [2.24, 2.45) is 0 Å². The summed E-state index contributed by atoms with van der Waals surface area (Å²) in [5, 5.41) is 14.8. The first-order valence-corrected chi connectivity index (χ1v) is 4.43. The van der Waals surface area contributed by atoms with Crippen molar-refractivity contribution in [3.8, 4) is 0 Å². The fourth-order valence-corrected chi connectivity index (χ4v) is 1.15. The molecule has 4 heteroatoms. The number of rotatable bonds is 2. The second-order valence-corrected chi connectivity index (χ2v) is 2.88. The van der Waals surface area contributed by atoms with Gasteiger partial charge in [-0.25, -0.2) is 0 Å². The number of hydrogen-bond acceptors (Lipinski definition) is 3. The van der Waals surface area contributed by atoms with Crippen LogP contribution < -0.4 is 0 Å². The summed E-state index contributed by atoms with van der Waals surface area (Å²) in [5.74, 6) is -0.158. The van der Waals surface area contributed by atoms with Gasteiger partial charge in [-0.15, -0.1) is 0 Å². The van der Waals surface area contributed by atoms with Gasteiger partial charge in [0, 0.05) is 5.57 Å². The number of Topliss-reactive ketones (excluding diaryl/α,β-unsaturated/α-hetero) is 1. The predicted octanol–water partition coefficient (Wildman–Crippen LogP) is 1.49. The Kier molecular flexibility index (Phi) is 2.70. The maximum absolute atomic E-state index is 11.1. The van der Waals surface area contributed by atoms with E-state index < -0.39 is 0 Å². The highest BCUT2D eigenvalue weighted by atomic mass is 79.9. The first-order valence-electron chi connectivity index (χ1n) is 3.31. The Labute approximate surface area is 78.3 Å². The molecular formula is C8H7BrN2O. The summed E-state index contributed by atoms with van der Waals surface area (Å²) in [6.45, 7) is 0. The van der Waals surface area contributed by atoms with Gasteiger partial charge < -0.3 is 10.8 Å². The average Bonchev–Trinajstić information content (AvgIpc) is 2.08. The molecule has 2 N–H and O–H groups in total. The third kappa shape index (κ3) is 1.76. The van der Waals surface area contributed by atoms with E-state index in [0.29, 0.717) is 5.57 Å². The molecule has 0 atom stereocenters. The number of nitrogens with one attached hydrogen (secondary N) is 2. The summed E-state index contributed by atoms with van der Waals surface area (Å²) in [4.78, 5) is 11.1. The van der Waals surface area contributed by atoms with E-state index in [2.05, 4.69) is 15.9 Å². The number of allylic oxidation sites excluding steroid dienone is 4. The maximum atomic E-state index is 11.1. The van der Waals surface area contributed by atoms with Gasteiger partial charge in [0.2, 0.25) is 0 Å². The van der Waals surface area contributed by atoms with E-state index in [9.17, 15) is 4.79 Å². The van der Waals surface area contributed by atoms with Crippen molar-refractivity contribution in [1.29, 1.82) is 10.8 Å². The Morgan fingerprint density at radius 1 is 1.42 bits per heavy atom. The Hall–Kier alpha value is -1.03. The summed E-state index contributed by atoms with van der Waals surface area (Å²) in [6.07, 6.45) is 4.36. The number of carbonyl (C=O) groups is 1. The number of ketones is 1. The van der Waals surface area contributed by atoms with Crippen molar-refractivity contribution in [2.45, 2.75) is 0 Å². The van der Waals surface area contributed by atoms with E-state index in [1.165, 1.54) is 18.2 Å². The predicted molar refractivity (Wildman–Crippen MR) is 51.5 cm³/mol. The van der Waals surface area contributed by atoms with Crippen LogP contribution in [-0.2, 0) is 4.79 Å². The van der Waals surface area contributed by atoms with E-state index >= 15 is 0 Å². The first kappa shape index (κ1) is 9.06. The molecule has 0 unspecified atom stereocenters. The highest BCUT2D eigenvalue weighted by molar-refractivity contribution is 9.09. The van der Waals surface area contributed by atoms with Gasteiger partial charge in [-0.05, 0) is 18.2 Å². The van der Waals surface area contributed by atoms with Crippen molar-refractivity contribution in [3.05, 3.63) is 23.8 Å². The highest BCUT2D eigenvalue weighted by Gasteiger charge is 2.14. The van der Waals surface area contributed by atoms with Gasteiger partial charge >= 0.3 is 0 Å². The van der Waals surface area contributed by atoms with Crippen LogP contribution in [0.1, 0.15) is 0 Å². The van der Waals surface area contributed by atoms with Crippen molar-refractivity contribution >= 4 is 33.1 Å². The molecule has 3 nitrogen and oxygen atoms in total. The molecule has 0 spiro atoms. The molecule has 0 bridgehead atoms. The largest absolute Gasteiger partial charge is 0.301 e. The van der Waals surface area contributed by atoms with Gasteiger partial charge in [-0.3, -0.25) is 4.79 Å². The van der Waals surface area contributed by atoms with E-state index in [1.807, 2.05) is 0 Å². The molecule has 0 aromatic carbocycles. The van der Waals surface area contributed by atoms with Crippen LogP contribution in [0.25, 0.3) is 0 Å². The van der Waals surface area contributed by atoms with Crippen molar-refractivity contribution in [1.82, 2.24) is 0 Å². The van der Waals surface area contributed by atoms with Crippen LogP contribution in [0.15, 0.2) is 23.8 Å². The summed E-state index contributed by atoms with van der Waals surface area (Å²) in [6, 6.07) is 0. The second-order valence-electron chi connectivity index (χ2n) is 2.32. The molecule has 0 amide bonds. The standard InChI is InChI=1S/C8H7BrN2O/c9-4-8(12)6-3-5(10)1-2-7(6)11/h1-3,10-11H,4H2. The Morgan fingerprint density at radius 3 is 2.67 bits per heavy atom. The zero-order valence-corrected chi connectivity index (χ0v) is 7.81. The third-order valence-corrected chi connectivity index (χ3v) is 1.95. The van der Waals surface area contributed by atoms with Crippen molar-refractivity contribution < 1.29 is 4.79 Å². The summed E-state index contributed by atoms with van der Waals surface area (Å²) < 4.78 is 0. The summed E-state index contributed by atoms with van der Waals surface area (Å²) in [7, 11) is 0. The number of alkyl halides is 1. The quantitative estimate of drug-likeness (QED) is 0.544. The normalized spacial score (nSPS) is 16.2. The van der Waals surface area contributed by atoms with Crippen molar-refractivity contribution in [2.75, 3.05) is 5.33 Å². The Balaban J connectivity index is 2.96. The number of hydrogen-bond donors (Lipinski definition) is 2. The fourth-order valence-electron chi connectivity index (χ4n) is 0.847. The average molecular weight is 227 g/mol. The number of carbonyl (C=O) groups excluding carboxylic acids is 1. The van der Waals surface area contributed by atoms with Crippen LogP contribution in [0.2, 0.25) is 0 Å². The molecule has 12 heavy (non-hydrogen) atoms. The van der Waals surface area contributed by atoms with Crippen LogP contribution in [0.3, 0.4) is 0 Å². The Bertz CT molecular complexity index is 315. The minimum absolute atomic E-state index is 0.158. The smallest absolute Gasteiger partial charge is 0.175 e. The summed E-state index contributed by atoms with van der Waals surface area (Å²) >= 11 is 3.02. The van der Waals surface area contributed by atoms with E-state index in [0.717, 1.165) is 0 Å². The van der Waals surface area contributed by atoms with Crippen LogP contribution in [0.4, 0.5) is 0 Å². The van der Waals surface area contributed by atoms with Crippen LogP contribution in [-0.4, -0.2) is 22.5 Å².